The first-order valence-electron chi connectivity index (χ1n) is 9.32. The Morgan fingerprint density at radius 3 is 2.61 bits per heavy atom. The zero-order valence-corrected chi connectivity index (χ0v) is 16.4. The van der Waals surface area contributed by atoms with Crippen molar-refractivity contribution in [3.63, 3.8) is 0 Å². The monoisotopic (exact) mass is 399 g/mol. The molecule has 1 aliphatic heterocycles. The standard InChI is InChI=1S/C19H21N5O3S/c1-28(25,26)19(4-5-19)14-12-16(24-8-10-27-11-9-24)22-17-13(14)2-6-20-18(17)15-3-7-21-23-15/h2-3,6-7,12H,4-5,8-11H2,1H3,(H,21,23). The van der Waals surface area contributed by atoms with Crippen LogP contribution >= 0.6 is 0 Å². The van der Waals surface area contributed by atoms with Gasteiger partial charge in [0, 0.05) is 37.1 Å². The smallest absolute Gasteiger partial charge is 0.157 e. The van der Waals surface area contributed by atoms with Crippen LogP contribution in [0.2, 0.25) is 0 Å². The summed E-state index contributed by atoms with van der Waals surface area (Å²) in [6.07, 6.45) is 5.97. The van der Waals surface area contributed by atoms with Gasteiger partial charge in [-0.3, -0.25) is 10.1 Å². The van der Waals surface area contributed by atoms with Gasteiger partial charge in [-0.05, 0) is 36.6 Å². The Labute approximate surface area is 162 Å². The second-order valence-electron chi connectivity index (χ2n) is 7.42. The van der Waals surface area contributed by atoms with E-state index in [9.17, 15) is 8.42 Å². The van der Waals surface area contributed by atoms with Crippen molar-refractivity contribution in [2.45, 2.75) is 17.6 Å². The van der Waals surface area contributed by atoms with Crippen molar-refractivity contribution >= 4 is 26.6 Å². The third kappa shape index (κ3) is 2.68. The Morgan fingerprint density at radius 2 is 1.96 bits per heavy atom. The Bertz CT molecular complexity index is 1130. The topological polar surface area (TPSA) is 101 Å². The molecule has 8 nitrogen and oxygen atoms in total. The van der Waals surface area contributed by atoms with E-state index in [1.807, 2.05) is 18.2 Å². The zero-order chi connectivity index (χ0) is 19.4. The number of ether oxygens (including phenoxy) is 1. The molecule has 9 heteroatoms. The Hall–Kier alpha value is -2.52. The minimum Gasteiger partial charge on any atom is -0.378 e. The van der Waals surface area contributed by atoms with E-state index in [-0.39, 0.29) is 0 Å². The number of nitrogens with zero attached hydrogens (tertiary/aromatic N) is 4. The van der Waals surface area contributed by atoms with Gasteiger partial charge < -0.3 is 9.64 Å². The molecule has 2 aliphatic rings. The van der Waals surface area contributed by atoms with E-state index >= 15 is 0 Å². The lowest BCUT2D eigenvalue weighted by Gasteiger charge is -2.29. The average molecular weight is 399 g/mol. The normalized spacial score (nSPS) is 19.1. The van der Waals surface area contributed by atoms with Gasteiger partial charge in [0.15, 0.2) is 9.84 Å². The largest absolute Gasteiger partial charge is 0.378 e. The SMILES string of the molecule is CS(=O)(=O)C1(c2cc(N3CCOCC3)nc3c(-c4ccn[nH]4)nccc23)CC1. The van der Waals surface area contributed by atoms with Crippen molar-refractivity contribution in [3.8, 4) is 11.4 Å². The summed E-state index contributed by atoms with van der Waals surface area (Å²) >= 11 is 0. The lowest BCUT2D eigenvalue weighted by molar-refractivity contribution is 0.122. The van der Waals surface area contributed by atoms with E-state index in [0.717, 1.165) is 35.6 Å². The maximum atomic E-state index is 12.7. The van der Waals surface area contributed by atoms with Crippen LogP contribution in [0.4, 0.5) is 5.82 Å². The number of aromatic amines is 1. The molecular weight excluding hydrogens is 378 g/mol. The van der Waals surface area contributed by atoms with E-state index in [2.05, 4.69) is 20.1 Å². The van der Waals surface area contributed by atoms with Crippen LogP contribution in [-0.4, -0.2) is 61.1 Å². The van der Waals surface area contributed by atoms with Gasteiger partial charge in [0.25, 0.3) is 0 Å². The number of aromatic nitrogens is 4. The van der Waals surface area contributed by atoms with Crippen molar-refractivity contribution in [2.75, 3.05) is 37.5 Å². The molecule has 0 atom stereocenters. The fourth-order valence-electron chi connectivity index (χ4n) is 4.01. The molecule has 1 saturated carbocycles. The second kappa shape index (κ2) is 6.25. The van der Waals surface area contributed by atoms with Gasteiger partial charge in [0.05, 0.1) is 23.7 Å². The van der Waals surface area contributed by atoms with Crippen LogP contribution in [0, 0.1) is 0 Å². The molecule has 5 rings (SSSR count). The molecule has 1 saturated heterocycles. The van der Waals surface area contributed by atoms with Gasteiger partial charge in [0.2, 0.25) is 0 Å². The summed E-state index contributed by atoms with van der Waals surface area (Å²) in [4.78, 5) is 11.6. The molecule has 28 heavy (non-hydrogen) atoms. The summed E-state index contributed by atoms with van der Waals surface area (Å²) in [5.41, 5.74) is 2.95. The number of hydrogen-bond acceptors (Lipinski definition) is 7. The average Bonchev–Trinajstić information content (AvgIpc) is 3.35. The van der Waals surface area contributed by atoms with E-state index in [1.165, 1.54) is 6.26 Å². The van der Waals surface area contributed by atoms with Gasteiger partial charge in [-0.1, -0.05) is 0 Å². The molecule has 0 radical (unpaired) electrons. The molecule has 0 spiro atoms. The van der Waals surface area contributed by atoms with Crippen LogP contribution in [0.5, 0.6) is 0 Å². The van der Waals surface area contributed by atoms with Crippen molar-refractivity contribution in [1.82, 2.24) is 20.2 Å². The summed E-state index contributed by atoms with van der Waals surface area (Å²) < 4.78 is 30.0. The predicted molar refractivity (Wildman–Crippen MR) is 106 cm³/mol. The first-order chi connectivity index (χ1) is 13.5. The second-order valence-corrected chi connectivity index (χ2v) is 9.75. The number of morpholine rings is 1. The number of nitrogens with one attached hydrogen (secondary N) is 1. The quantitative estimate of drug-likeness (QED) is 0.715. The molecule has 1 aliphatic carbocycles. The molecule has 0 unspecified atom stereocenters. The number of sulfone groups is 1. The molecular formula is C19H21N5O3S. The van der Waals surface area contributed by atoms with Crippen molar-refractivity contribution in [3.05, 3.63) is 36.2 Å². The highest BCUT2D eigenvalue weighted by molar-refractivity contribution is 7.92. The lowest BCUT2D eigenvalue weighted by atomic mass is 10.0. The third-order valence-electron chi connectivity index (χ3n) is 5.71. The van der Waals surface area contributed by atoms with Gasteiger partial charge >= 0.3 is 0 Å². The van der Waals surface area contributed by atoms with Gasteiger partial charge in [0.1, 0.15) is 17.0 Å². The number of rotatable bonds is 4. The summed E-state index contributed by atoms with van der Waals surface area (Å²) in [6, 6.07) is 5.66. The highest BCUT2D eigenvalue weighted by Crippen LogP contribution is 2.54. The molecule has 3 aromatic heterocycles. The van der Waals surface area contributed by atoms with Gasteiger partial charge in [-0.15, -0.1) is 0 Å². The molecule has 146 valence electrons. The van der Waals surface area contributed by atoms with Crippen LogP contribution in [0.25, 0.3) is 22.3 Å². The number of hydrogen-bond donors (Lipinski definition) is 1. The van der Waals surface area contributed by atoms with Crippen molar-refractivity contribution in [2.24, 2.45) is 0 Å². The summed E-state index contributed by atoms with van der Waals surface area (Å²) in [7, 11) is -3.26. The molecule has 0 aromatic carbocycles. The number of fused-ring (bicyclic) bond motifs is 1. The maximum absolute atomic E-state index is 12.7. The minimum absolute atomic E-state index is 0.632. The molecule has 1 N–H and O–H groups in total. The summed E-state index contributed by atoms with van der Waals surface area (Å²) in [6.45, 7) is 2.71. The van der Waals surface area contributed by atoms with E-state index in [1.54, 1.807) is 12.4 Å². The first-order valence-corrected chi connectivity index (χ1v) is 11.2. The Morgan fingerprint density at radius 1 is 1.18 bits per heavy atom. The highest BCUT2D eigenvalue weighted by Gasteiger charge is 2.54. The Kier molecular flexibility index (Phi) is 3.92. The minimum atomic E-state index is -3.26. The first kappa shape index (κ1) is 17.6. The zero-order valence-electron chi connectivity index (χ0n) is 15.6. The van der Waals surface area contributed by atoms with Gasteiger partial charge in [-0.25, -0.2) is 13.4 Å². The predicted octanol–water partition coefficient (Wildman–Crippen LogP) is 1.89. The van der Waals surface area contributed by atoms with E-state index in [4.69, 9.17) is 9.72 Å². The van der Waals surface area contributed by atoms with E-state index in [0.29, 0.717) is 37.3 Å². The number of anilines is 1. The number of pyridine rings is 2. The molecule has 4 heterocycles. The summed E-state index contributed by atoms with van der Waals surface area (Å²) in [5, 5.41) is 7.80. The van der Waals surface area contributed by atoms with Crippen LogP contribution in [0.1, 0.15) is 18.4 Å². The highest BCUT2D eigenvalue weighted by atomic mass is 32.2. The molecule has 2 fully saturated rings. The third-order valence-corrected chi connectivity index (χ3v) is 7.76. The van der Waals surface area contributed by atoms with Gasteiger partial charge in [-0.2, -0.15) is 5.10 Å². The lowest BCUT2D eigenvalue weighted by Crippen LogP contribution is -2.37. The fourth-order valence-corrected chi connectivity index (χ4v) is 5.42. The van der Waals surface area contributed by atoms with Crippen LogP contribution < -0.4 is 4.90 Å². The molecule has 3 aromatic rings. The number of H-pyrrole nitrogens is 1. The molecule has 0 amide bonds. The fraction of sp³-hybridized carbons (Fsp3) is 0.421. The maximum Gasteiger partial charge on any atom is 0.157 e. The summed E-state index contributed by atoms with van der Waals surface area (Å²) in [5.74, 6) is 0.773. The van der Waals surface area contributed by atoms with Crippen LogP contribution in [0.3, 0.4) is 0 Å². The molecule has 0 bridgehead atoms. The van der Waals surface area contributed by atoms with Crippen LogP contribution in [0.15, 0.2) is 30.6 Å². The van der Waals surface area contributed by atoms with Crippen molar-refractivity contribution < 1.29 is 13.2 Å². The van der Waals surface area contributed by atoms with E-state index < -0.39 is 14.6 Å². The Balaban J connectivity index is 1.79. The van der Waals surface area contributed by atoms with Crippen LogP contribution in [-0.2, 0) is 19.3 Å². The van der Waals surface area contributed by atoms with Crippen molar-refractivity contribution in [1.29, 1.82) is 0 Å².